The van der Waals surface area contributed by atoms with Crippen LogP contribution in [0.25, 0.3) is 0 Å². The van der Waals surface area contributed by atoms with E-state index in [-0.39, 0.29) is 6.61 Å². The lowest BCUT2D eigenvalue weighted by Crippen LogP contribution is -2.40. The second-order valence-corrected chi connectivity index (χ2v) is 4.39. The molecule has 4 nitrogen and oxygen atoms in total. The quantitative estimate of drug-likeness (QED) is 0.866. The van der Waals surface area contributed by atoms with Crippen LogP contribution in [0.1, 0.15) is 25.7 Å². The highest BCUT2D eigenvalue weighted by Gasteiger charge is 2.23. The van der Waals surface area contributed by atoms with Gasteiger partial charge < -0.3 is 14.7 Å². The van der Waals surface area contributed by atoms with Gasteiger partial charge in [0, 0.05) is 25.3 Å². The Balaban J connectivity index is 2.16. The third-order valence-corrected chi connectivity index (χ3v) is 3.30. The highest BCUT2D eigenvalue weighted by atomic mass is 16.5. The molecule has 1 N–H and O–H groups in total. The van der Waals surface area contributed by atoms with E-state index in [2.05, 4.69) is 9.88 Å². The number of aromatic nitrogens is 1. The predicted octanol–water partition coefficient (Wildman–Crippen LogP) is 1.83. The van der Waals surface area contributed by atoms with Gasteiger partial charge in [-0.2, -0.15) is 4.98 Å². The number of aliphatic hydroxyl groups excluding tert-OH is 1. The topological polar surface area (TPSA) is 45.6 Å². The van der Waals surface area contributed by atoms with E-state index in [4.69, 9.17) is 9.84 Å². The number of hydrogen-bond donors (Lipinski definition) is 1. The number of methoxy groups -OCH3 is 1. The summed E-state index contributed by atoms with van der Waals surface area (Å²) in [5.74, 6) is 1.61. The maximum Gasteiger partial charge on any atom is 0.214 e. The summed E-state index contributed by atoms with van der Waals surface area (Å²) < 4.78 is 5.15. The van der Waals surface area contributed by atoms with Gasteiger partial charge in [0.2, 0.25) is 5.88 Å². The van der Waals surface area contributed by atoms with Crippen molar-refractivity contribution in [3.05, 3.63) is 18.2 Å². The Bertz CT molecular complexity index is 355. The van der Waals surface area contributed by atoms with Gasteiger partial charge in [-0.1, -0.05) is 6.07 Å². The molecule has 1 fully saturated rings. The van der Waals surface area contributed by atoms with Gasteiger partial charge in [-0.15, -0.1) is 0 Å². The van der Waals surface area contributed by atoms with Crippen molar-refractivity contribution in [2.45, 2.75) is 31.7 Å². The number of anilines is 1. The summed E-state index contributed by atoms with van der Waals surface area (Å²) in [6.07, 6.45) is 4.39. The zero-order valence-corrected chi connectivity index (χ0v) is 10.3. The van der Waals surface area contributed by atoms with E-state index < -0.39 is 0 Å². The first kappa shape index (κ1) is 12.2. The van der Waals surface area contributed by atoms with Crippen LogP contribution in [0.4, 0.5) is 5.82 Å². The van der Waals surface area contributed by atoms with Crippen LogP contribution in [0.5, 0.6) is 5.88 Å². The van der Waals surface area contributed by atoms with Gasteiger partial charge in [-0.25, -0.2) is 0 Å². The minimum absolute atomic E-state index is 0.241. The van der Waals surface area contributed by atoms with Crippen molar-refractivity contribution in [2.24, 2.45) is 0 Å². The fraction of sp³-hybridized carbons (Fsp3) is 0.615. The molecule has 0 amide bonds. The number of rotatable bonds is 4. The molecule has 2 heterocycles. The summed E-state index contributed by atoms with van der Waals surface area (Å²) in [5, 5.41) is 9.11. The van der Waals surface area contributed by atoms with Crippen molar-refractivity contribution >= 4 is 5.82 Å². The number of ether oxygens (including phenoxy) is 1. The maximum atomic E-state index is 9.11. The van der Waals surface area contributed by atoms with E-state index >= 15 is 0 Å². The molecule has 1 aliphatic rings. The van der Waals surface area contributed by atoms with Crippen LogP contribution in [-0.4, -0.2) is 36.4 Å². The highest BCUT2D eigenvalue weighted by molar-refractivity contribution is 5.42. The normalized spacial score (nSPS) is 20.4. The molecule has 94 valence electrons. The Morgan fingerprint density at radius 2 is 2.35 bits per heavy atom. The summed E-state index contributed by atoms with van der Waals surface area (Å²) in [5.41, 5.74) is 0. The van der Waals surface area contributed by atoms with Gasteiger partial charge in [0.05, 0.1) is 7.11 Å². The van der Waals surface area contributed by atoms with Crippen LogP contribution in [0, 0.1) is 0 Å². The lowest BCUT2D eigenvalue weighted by Gasteiger charge is -2.36. The van der Waals surface area contributed by atoms with Crippen molar-refractivity contribution in [1.82, 2.24) is 4.98 Å². The maximum absolute atomic E-state index is 9.11. The smallest absolute Gasteiger partial charge is 0.214 e. The Morgan fingerprint density at radius 3 is 3.12 bits per heavy atom. The van der Waals surface area contributed by atoms with Gasteiger partial charge in [0.25, 0.3) is 0 Å². The number of nitrogens with zero attached hydrogens (tertiary/aromatic N) is 2. The molecule has 0 aliphatic carbocycles. The molecule has 2 rings (SSSR count). The number of piperidine rings is 1. The molecule has 0 bridgehead atoms. The third-order valence-electron chi connectivity index (χ3n) is 3.30. The van der Waals surface area contributed by atoms with Crippen molar-refractivity contribution in [3.8, 4) is 5.88 Å². The van der Waals surface area contributed by atoms with Crippen LogP contribution >= 0.6 is 0 Å². The molecule has 1 aliphatic heterocycles. The number of pyridine rings is 1. The fourth-order valence-electron chi connectivity index (χ4n) is 2.43. The Hall–Kier alpha value is -1.29. The van der Waals surface area contributed by atoms with E-state index in [9.17, 15) is 0 Å². The first-order chi connectivity index (χ1) is 8.35. The molecule has 1 unspecified atom stereocenters. The monoisotopic (exact) mass is 236 g/mol. The first-order valence-electron chi connectivity index (χ1n) is 6.23. The summed E-state index contributed by atoms with van der Waals surface area (Å²) in [7, 11) is 1.63. The van der Waals surface area contributed by atoms with E-state index in [0.29, 0.717) is 11.9 Å². The molecule has 1 aromatic rings. The molecule has 17 heavy (non-hydrogen) atoms. The van der Waals surface area contributed by atoms with Crippen LogP contribution in [0.15, 0.2) is 18.2 Å². The molecular weight excluding hydrogens is 216 g/mol. The Labute approximate surface area is 102 Å². The van der Waals surface area contributed by atoms with Crippen LogP contribution in [0.3, 0.4) is 0 Å². The Kier molecular flexibility index (Phi) is 4.20. The molecule has 0 spiro atoms. The predicted molar refractivity (Wildman–Crippen MR) is 67.5 cm³/mol. The Morgan fingerprint density at radius 1 is 1.47 bits per heavy atom. The SMILES string of the molecule is COc1cccc(N2CCCCC2CCO)n1. The number of aliphatic hydroxyl groups is 1. The summed E-state index contributed by atoms with van der Waals surface area (Å²) in [4.78, 5) is 6.76. The van der Waals surface area contributed by atoms with Crippen molar-refractivity contribution < 1.29 is 9.84 Å². The molecule has 1 atom stereocenters. The van der Waals surface area contributed by atoms with Crippen molar-refractivity contribution in [2.75, 3.05) is 25.2 Å². The van der Waals surface area contributed by atoms with E-state index in [0.717, 1.165) is 25.2 Å². The van der Waals surface area contributed by atoms with E-state index in [1.165, 1.54) is 12.8 Å². The fourth-order valence-corrected chi connectivity index (χ4v) is 2.43. The molecule has 0 saturated carbocycles. The second-order valence-electron chi connectivity index (χ2n) is 4.39. The standard InChI is InChI=1S/C13H20N2O2/c1-17-13-7-4-6-12(14-13)15-9-3-2-5-11(15)8-10-16/h4,6-7,11,16H,2-3,5,8-10H2,1H3. The summed E-state index contributed by atoms with van der Waals surface area (Å²) >= 11 is 0. The first-order valence-corrected chi connectivity index (χ1v) is 6.23. The summed E-state index contributed by atoms with van der Waals surface area (Å²) in [6, 6.07) is 6.24. The largest absolute Gasteiger partial charge is 0.481 e. The molecule has 0 aromatic carbocycles. The van der Waals surface area contributed by atoms with Crippen LogP contribution < -0.4 is 9.64 Å². The van der Waals surface area contributed by atoms with Gasteiger partial charge in [0.15, 0.2) is 0 Å². The summed E-state index contributed by atoms with van der Waals surface area (Å²) in [6.45, 7) is 1.26. The number of hydrogen-bond acceptors (Lipinski definition) is 4. The van der Waals surface area contributed by atoms with Crippen molar-refractivity contribution in [3.63, 3.8) is 0 Å². The average Bonchev–Trinajstić information content (AvgIpc) is 2.40. The van der Waals surface area contributed by atoms with E-state index in [1.54, 1.807) is 7.11 Å². The van der Waals surface area contributed by atoms with Crippen LogP contribution in [0.2, 0.25) is 0 Å². The third kappa shape index (κ3) is 2.88. The lowest BCUT2D eigenvalue weighted by molar-refractivity contribution is 0.262. The van der Waals surface area contributed by atoms with Gasteiger partial charge in [-0.05, 0) is 31.7 Å². The molecule has 1 saturated heterocycles. The minimum Gasteiger partial charge on any atom is -0.481 e. The molecule has 0 radical (unpaired) electrons. The minimum atomic E-state index is 0.241. The highest BCUT2D eigenvalue weighted by Crippen LogP contribution is 2.26. The molecular formula is C13H20N2O2. The zero-order valence-electron chi connectivity index (χ0n) is 10.3. The second kappa shape index (κ2) is 5.87. The van der Waals surface area contributed by atoms with E-state index in [1.807, 2.05) is 18.2 Å². The van der Waals surface area contributed by atoms with Crippen molar-refractivity contribution in [1.29, 1.82) is 0 Å². The van der Waals surface area contributed by atoms with Gasteiger partial charge >= 0.3 is 0 Å². The van der Waals surface area contributed by atoms with Gasteiger partial charge in [0.1, 0.15) is 5.82 Å². The molecule has 1 aromatic heterocycles. The molecule has 4 heteroatoms. The van der Waals surface area contributed by atoms with Gasteiger partial charge in [-0.3, -0.25) is 0 Å². The zero-order chi connectivity index (χ0) is 12.1. The average molecular weight is 236 g/mol. The lowest BCUT2D eigenvalue weighted by atomic mass is 9.99. The van der Waals surface area contributed by atoms with Crippen LogP contribution in [-0.2, 0) is 0 Å².